The van der Waals surface area contributed by atoms with Crippen molar-refractivity contribution < 1.29 is 4.79 Å². The Balaban J connectivity index is 1.36. The molecule has 23 heavy (non-hydrogen) atoms. The minimum atomic E-state index is -0.0630. The lowest BCUT2D eigenvalue weighted by atomic mass is 9.76. The zero-order chi connectivity index (χ0) is 15.9. The van der Waals surface area contributed by atoms with Crippen LogP contribution in [0.3, 0.4) is 0 Å². The Morgan fingerprint density at radius 1 is 0.870 bits per heavy atom. The zero-order valence-electron chi connectivity index (χ0n) is 14.1. The molecule has 0 spiro atoms. The van der Waals surface area contributed by atoms with Crippen molar-refractivity contribution in [3.8, 4) is 0 Å². The van der Waals surface area contributed by atoms with Crippen molar-refractivity contribution in [2.75, 3.05) is 5.32 Å². The molecule has 0 heterocycles. The molecule has 0 atom stereocenters. The van der Waals surface area contributed by atoms with E-state index in [9.17, 15) is 4.79 Å². The first-order valence-corrected chi connectivity index (χ1v) is 9.42. The standard InChI is InChI=1S/C20H30N2O/c23-20(21-18-9-5-2-6-10-18)22-19-13-11-17(12-14-19)15-16-7-3-1-4-8-16/h2,5-6,9-10,16-17,19H,1,3-4,7-8,11-15H2,(H2,21,22,23)/t17-,19+. The Morgan fingerprint density at radius 2 is 1.52 bits per heavy atom. The van der Waals surface area contributed by atoms with Crippen LogP contribution in [-0.4, -0.2) is 12.1 Å². The Hall–Kier alpha value is -1.51. The van der Waals surface area contributed by atoms with Crippen molar-refractivity contribution in [2.45, 2.75) is 70.3 Å². The van der Waals surface area contributed by atoms with Crippen LogP contribution in [0.1, 0.15) is 64.2 Å². The minimum absolute atomic E-state index is 0.0630. The van der Waals surface area contributed by atoms with Crippen LogP contribution in [0.15, 0.2) is 30.3 Å². The molecule has 2 aliphatic rings. The maximum atomic E-state index is 12.1. The molecule has 0 bridgehead atoms. The van der Waals surface area contributed by atoms with E-state index in [1.165, 1.54) is 51.4 Å². The van der Waals surface area contributed by atoms with Gasteiger partial charge in [0.15, 0.2) is 0 Å². The first-order chi connectivity index (χ1) is 11.3. The summed E-state index contributed by atoms with van der Waals surface area (Å²) in [6, 6.07) is 9.95. The topological polar surface area (TPSA) is 41.1 Å². The summed E-state index contributed by atoms with van der Waals surface area (Å²) in [4.78, 5) is 12.1. The third-order valence-electron chi connectivity index (χ3n) is 5.61. The van der Waals surface area contributed by atoms with E-state index in [0.29, 0.717) is 6.04 Å². The van der Waals surface area contributed by atoms with Gasteiger partial charge in [0.1, 0.15) is 0 Å². The van der Waals surface area contributed by atoms with Gasteiger partial charge in [0.05, 0.1) is 0 Å². The highest BCUT2D eigenvalue weighted by Gasteiger charge is 2.25. The lowest BCUT2D eigenvalue weighted by Crippen LogP contribution is -2.40. The van der Waals surface area contributed by atoms with Gasteiger partial charge in [-0.25, -0.2) is 4.79 Å². The van der Waals surface area contributed by atoms with Crippen LogP contribution in [0.4, 0.5) is 10.5 Å². The molecule has 0 radical (unpaired) electrons. The maximum Gasteiger partial charge on any atom is 0.319 e. The van der Waals surface area contributed by atoms with E-state index in [4.69, 9.17) is 0 Å². The Morgan fingerprint density at radius 3 is 2.22 bits per heavy atom. The van der Waals surface area contributed by atoms with Gasteiger partial charge in [-0.3, -0.25) is 0 Å². The number of urea groups is 1. The predicted octanol–water partition coefficient (Wildman–Crippen LogP) is 5.34. The van der Waals surface area contributed by atoms with Gasteiger partial charge < -0.3 is 10.6 Å². The molecule has 0 unspecified atom stereocenters. The average Bonchev–Trinajstić information content (AvgIpc) is 2.58. The molecular formula is C20H30N2O. The largest absolute Gasteiger partial charge is 0.335 e. The van der Waals surface area contributed by atoms with Gasteiger partial charge in [-0.05, 0) is 56.1 Å². The molecule has 0 aromatic heterocycles. The lowest BCUT2D eigenvalue weighted by molar-refractivity contribution is 0.215. The zero-order valence-corrected chi connectivity index (χ0v) is 14.1. The number of para-hydroxylation sites is 1. The van der Waals surface area contributed by atoms with E-state index in [1.54, 1.807) is 0 Å². The van der Waals surface area contributed by atoms with Gasteiger partial charge in [-0.1, -0.05) is 50.3 Å². The quantitative estimate of drug-likeness (QED) is 0.774. The third-order valence-corrected chi connectivity index (χ3v) is 5.61. The fraction of sp³-hybridized carbons (Fsp3) is 0.650. The number of benzene rings is 1. The van der Waals surface area contributed by atoms with Crippen molar-refractivity contribution in [3.05, 3.63) is 30.3 Å². The van der Waals surface area contributed by atoms with Gasteiger partial charge in [0, 0.05) is 11.7 Å². The van der Waals surface area contributed by atoms with Crippen LogP contribution in [-0.2, 0) is 0 Å². The van der Waals surface area contributed by atoms with E-state index in [0.717, 1.165) is 30.4 Å². The second kappa shape index (κ2) is 8.37. The monoisotopic (exact) mass is 314 g/mol. The highest BCUT2D eigenvalue weighted by Crippen LogP contribution is 2.35. The van der Waals surface area contributed by atoms with E-state index < -0.39 is 0 Å². The molecule has 126 valence electrons. The molecule has 2 aliphatic carbocycles. The Labute approximate surface area is 140 Å². The fourth-order valence-electron chi connectivity index (χ4n) is 4.31. The van der Waals surface area contributed by atoms with Crippen LogP contribution in [0, 0.1) is 11.8 Å². The summed E-state index contributed by atoms with van der Waals surface area (Å²) in [5.41, 5.74) is 0.857. The number of anilines is 1. The number of carbonyl (C=O) groups excluding carboxylic acids is 1. The molecule has 2 saturated carbocycles. The normalized spacial score (nSPS) is 25.7. The second-order valence-corrected chi connectivity index (χ2v) is 7.42. The second-order valence-electron chi connectivity index (χ2n) is 7.42. The maximum absolute atomic E-state index is 12.1. The molecule has 3 nitrogen and oxygen atoms in total. The first kappa shape index (κ1) is 16.4. The van der Waals surface area contributed by atoms with Gasteiger partial charge in [0.25, 0.3) is 0 Å². The molecule has 2 N–H and O–H groups in total. The summed E-state index contributed by atoms with van der Waals surface area (Å²) >= 11 is 0. The van der Waals surface area contributed by atoms with Gasteiger partial charge in [-0.2, -0.15) is 0 Å². The van der Waals surface area contributed by atoms with Gasteiger partial charge in [-0.15, -0.1) is 0 Å². The predicted molar refractivity (Wildman–Crippen MR) is 95.5 cm³/mol. The van der Waals surface area contributed by atoms with Crippen molar-refractivity contribution in [3.63, 3.8) is 0 Å². The molecule has 1 aromatic carbocycles. The number of carbonyl (C=O) groups is 1. The van der Waals surface area contributed by atoms with Crippen LogP contribution in [0.5, 0.6) is 0 Å². The number of amides is 2. The molecule has 2 fully saturated rings. The van der Waals surface area contributed by atoms with Crippen molar-refractivity contribution >= 4 is 11.7 Å². The number of hydrogen-bond donors (Lipinski definition) is 2. The van der Waals surface area contributed by atoms with E-state index in [1.807, 2.05) is 30.3 Å². The van der Waals surface area contributed by atoms with E-state index >= 15 is 0 Å². The summed E-state index contributed by atoms with van der Waals surface area (Å²) in [6.07, 6.45) is 13.5. The molecule has 0 aliphatic heterocycles. The van der Waals surface area contributed by atoms with E-state index in [2.05, 4.69) is 10.6 Å². The van der Waals surface area contributed by atoms with Gasteiger partial charge >= 0.3 is 6.03 Å². The molecule has 3 rings (SSSR count). The van der Waals surface area contributed by atoms with Crippen molar-refractivity contribution in [1.82, 2.24) is 5.32 Å². The summed E-state index contributed by atoms with van der Waals surface area (Å²) in [5, 5.41) is 6.06. The van der Waals surface area contributed by atoms with Crippen LogP contribution < -0.4 is 10.6 Å². The van der Waals surface area contributed by atoms with Crippen molar-refractivity contribution in [2.24, 2.45) is 11.8 Å². The van der Waals surface area contributed by atoms with Crippen LogP contribution >= 0.6 is 0 Å². The summed E-state index contributed by atoms with van der Waals surface area (Å²) in [7, 11) is 0. The summed E-state index contributed by atoms with van der Waals surface area (Å²) in [6.45, 7) is 0. The van der Waals surface area contributed by atoms with Crippen molar-refractivity contribution in [1.29, 1.82) is 0 Å². The average molecular weight is 314 g/mol. The molecule has 0 saturated heterocycles. The fourth-order valence-corrected chi connectivity index (χ4v) is 4.31. The van der Waals surface area contributed by atoms with E-state index in [-0.39, 0.29) is 6.03 Å². The summed E-state index contributed by atoms with van der Waals surface area (Å²) in [5.74, 6) is 1.88. The molecule has 2 amide bonds. The highest BCUT2D eigenvalue weighted by molar-refractivity contribution is 5.89. The summed E-state index contributed by atoms with van der Waals surface area (Å²) < 4.78 is 0. The highest BCUT2D eigenvalue weighted by atomic mass is 16.2. The smallest absolute Gasteiger partial charge is 0.319 e. The Kier molecular flexibility index (Phi) is 5.95. The SMILES string of the molecule is O=C(Nc1ccccc1)N[C@H]1CC[C@@H](CC2CCCCC2)CC1. The number of hydrogen-bond acceptors (Lipinski definition) is 1. The molecule has 1 aromatic rings. The van der Waals surface area contributed by atoms with Gasteiger partial charge in [0.2, 0.25) is 0 Å². The number of nitrogens with one attached hydrogen (secondary N) is 2. The molecular weight excluding hydrogens is 284 g/mol. The van der Waals surface area contributed by atoms with Crippen LogP contribution in [0.25, 0.3) is 0 Å². The minimum Gasteiger partial charge on any atom is -0.335 e. The van der Waals surface area contributed by atoms with Crippen LogP contribution in [0.2, 0.25) is 0 Å². The Bertz CT molecular complexity index is 474. The number of rotatable bonds is 4. The molecule has 3 heteroatoms. The lowest BCUT2D eigenvalue weighted by Gasteiger charge is -2.32. The first-order valence-electron chi connectivity index (χ1n) is 9.42. The third kappa shape index (κ3) is 5.26.